The maximum Gasteiger partial charge on any atom is 0.126 e. The van der Waals surface area contributed by atoms with Crippen LogP contribution in [0.15, 0.2) is 18.2 Å². The summed E-state index contributed by atoms with van der Waals surface area (Å²) in [5, 5.41) is 9.34. The van der Waals surface area contributed by atoms with Crippen molar-refractivity contribution in [3.63, 3.8) is 0 Å². The van der Waals surface area contributed by atoms with Crippen molar-refractivity contribution in [2.75, 3.05) is 18.6 Å². The molecule has 0 aliphatic heterocycles. The number of nitrogens with zero attached hydrogens (tertiary/aromatic N) is 1. The Hall–Kier alpha value is -1.09. The van der Waals surface area contributed by atoms with Gasteiger partial charge in [-0.1, -0.05) is 13.8 Å². The molecule has 2 nitrogen and oxygen atoms in total. The Labute approximate surface area is 96.7 Å². The molecule has 0 amide bonds. The summed E-state index contributed by atoms with van der Waals surface area (Å²) in [4.78, 5) is 2.00. The second kappa shape index (κ2) is 5.30. The van der Waals surface area contributed by atoms with E-state index in [1.165, 1.54) is 6.07 Å². The van der Waals surface area contributed by atoms with Gasteiger partial charge in [0, 0.05) is 12.7 Å². The Morgan fingerprint density at radius 2 is 2.00 bits per heavy atom. The van der Waals surface area contributed by atoms with Gasteiger partial charge in [-0.2, -0.15) is 0 Å². The topological polar surface area (TPSA) is 23.5 Å². The zero-order valence-electron chi connectivity index (χ0n) is 10.4. The van der Waals surface area contributed by atoms with Crippen LogP contribution in [0.1, 0.15) is 19.4 Å². The molecular weight excluding hydrogens is 205 g/mol. The third kappa shape index (κ3) is 2.73. The summed E-state index contributed by atoms with van der Waals surface area (Å²) >= 11 is 0. The summed E-state index contributed by atoms with van der Waals surface area (Å²) in [6, 6.07) is 5.08. The number of hydrogen-bond acceptors (Lipinski definition) is 2. The largest absolute Gasteiger partial charge is 0.394 e. The van der Waals surface area contributed by atoms with Gasteiger partial charge in [0.2, 0.25) is 0 Å². The first-order chi connectivity index (χ1) is 7.47. The first-order valence-corrected chi connectivity index (χ1v) is 5.57. The van der Waals surface area contributed by atoms with E-state index in [1.807, 2.05) is 11.9 Å². The molecule has 0 heterocycles. The third-order valence-electron chi connectivity index (χ3n) is 3.00. The van der Waals surface area contributed by atoms with Crippen LogP contribution in [-0.4, -0.2) is 24.8 Å². The molecule has 1 aromatic rings. The average molecular weight is 225 g/mol. The van der Waals surface area contributed by atoms with Crippen LogP contribution >= 0.6 is 0 Å². The number of rotatable bonds is 4. The van der Waals surface area contributed by atoms with Gasteiger partial charge in [0.1, 0.15) is 5.82 Å². The van der Waals surface area contributed by atoms with Crippen LogP contribution < -0.4 is 4.90 Å². The molecule has 1 aromatic carbocycles. The minimum absolute atomic E-state index is 0.0601. The Bertz CT molecular complexity index is 352. The van der Waals surface area contributed by atoms with Crippen molar-refractivity contribution in [3.8, 4) is 0 Å². The molecule has 0 saturated carbocycles. The number of halogens is 1. The summed E-state index contributed by atoms with van der Waals surface area (Å²) in [7, 11) is 1.92. The van der Waals surface area contributed by atoms with Gasteiger partial charge in [-0.3, -0.25) is 0 Å². The van der Waals surface area contributed by atoms with Crippen molar-refractivity contribution in [2.24, 2.45) is 5.92 Å². The lowest BCUT2D eigenvalue weighted by Crippen LogP contribution is -2.38. The van der Waals surface area contributed by atoms with E-state index < -0.39 is 0 Å². The maximum absolute atomic E-state index is 13.1. The molecule has 0 aromatic heterocycles. The van der Waals surface area contributed by atoms with Crippen LogP contribution in [0.5, 0.6) is 0 Å². The van der Waals surface area contributed by atoms with Crippen molar-refractivity contribution >= 4 is 5.69 Å². The van der Waals surface area contributed by atoms with Gasteiger partial charge < -0.3 is 10.0 Å². The van der Waals surface area contributed by atoms with E-state index in [4.69, 9.17) is 0 Å². The van der Waals surface area contributed by atoms with Crippen LogP contribution in [0.25, 0.3) is 0 Å². The maximum atomic E-state index is 13.1. The summed E-state index contributed by atoms with van der Waals surface area (Å²) < 4.78 is 13.1. The van der Waals surface area contributed by atoms with E-state index in [0.29, 0.717) is 11.5 Å². The molecule has 0 aliphatic rings. The third-order valence-corrected chi connectivity index (χ3v) is 3.00. The lowest BCUT2D eigenvalue weighted by atomic mass is 10.0. The average Bonchev–Trinajstić information content (AvgIpc) is 2.22. The molecule has 1 N–H and O–H groups in total. The predicted molar refractivity (Wildman–Crippen MR) is 65.3 cm³/mol. The highest BCUT2D eigenvalue weighted by Gasteiger charge is 2.18. The molecule has 16 heavy (non-hydrogen) atoms. The van der Waals surface area contributed by atoms with Gasteiger partial charge in [0.25, 0.3) is 0 Å². The summed E-state index contributed by atoms with van der Waals surface area (Å²) in [6.45, 7) is 5.97. The first kappa shape index (κ1) is 13.0. The monoisotopic (exact) mass is 225 g/mol. The first-order valence-electron chi connectivity index (χ1n) is 5.57. The predicted octanol–water partition coefficient (Wildman–Crippen LogP) is 2.59. The molecule has 0 bridgehead atoms. The second-order valence-electron chi connectivity index (χ2n) is 4.54. The number of aliphatic hydroxyl groups excluding tert-OH is 1. The van der Waals surface area contributed by atoms with Gasteiger partial charge in [-0.25, -0.2) is 4.39 Å². The van der Waals surface area contributed by atoms with Crippen LogP contribution in [0.2, 0.25) is 0 Å². The summed E-state index contributed by atoms with van der Waals surface area (Å²) in [5.41, 5.74) is 1.57. The number of aryl methyl sites for hydroxylation is 1. The van der Waals surface area contributed by atoms with Crippen molar-refractivity contribution in [3.05, 3.63) is 29.6 Å². The van der Waals surface area contributed by atoms with E-state index in [0.717, 1.165) is 5.69 Å². The summed E-state index contributed by atoms with van der Waals surface area (Å²) in [6.07, 6.45) is 0. The summed E-state index contributed by atoms with van der Waals surface area (Å²) in [5.74, 6) is 0.155. The number of likely N-dealkylation sites (N-methyl/N-ethyl adjacent to an activating group) is 1. The van der Waals surface area contributed by atoms with Crippen LogP contribution in [0.4, 0.5) is 10.1 Å². The van der Waals surface area contributed by atoms with Crippen molar-refractivity contribution in [2.45, 2.75) is 26.8 Å². The standard InChI is InChI=1S/C13H20FNO/c1-9(2)13(8-16)15(4)11-5-6-12(14)10(3)7-11/h5-7,9,13,16H,8H2,1-4H3. The zero-order chi connectivity index (χ0) is 12.3. The Balaban J connectivity index is 2.94. The minimum Gasteiger partial charge on any atom is -0.394 e. The van der Waals surface area contributed by atoms with Gasteiger partial charge in [0.05, 0.1) is 12.6 Å². The van der Waals surface area contributed by atoms with E-state index in [2.05, 4.69) is 13.8 Å². The van der Waals surface area contributed by atoms with E-state index in [9.17, 15) is 9.50 Å². The SMILES string of the molecule is Cc1cc(N(C)C(CO)C(C)C)ccc1F. The smallest absolute Gasteiger partial charge is 0.126 e. The molecule has 1 rings (SSSR count). The van der Waals surface area contributed by atoms with Crippen LogP contribution in [0.3, 0.4) is 0 Å². The number of benzene rings is 1. The van der Waals surface area contributed by atoms with Crippen molar-refractivity contribution in [1.29, 1.82) is 0 Å². The number of aliphatic hydroxyl groups is 1. The normalized spacial score (nSPS) is 12.9. The van der Waals surface area contributed by atoms with Crippen LogP contribution in [-0.2, 0) is 0 Å². The van der Waals surface area contributed by atoms with Gasteiger partial charge in [0.15, 0.2) is 0 Å². The van der Waals surface area contributed by atoms with E-state index >= 15 is 0 Å². The molecule has 1 atom stereocenters. The van der Waals surface area contributed by atoms with Crippen LogP contribution in [0, 0.1) is 18.7 Å². The zero-order valence-corrected chi connectivity index (χ0v) is 10.4. The number of anilines is 1. The van der Waals surface area contributed by atoms with Gasteiger partial charge in [-0.15, -0.1) is 0 Å². The van der Waals surface area contributed by atoms with E-state index in [-0.39, 0.29) is 18.5 Å². The van der Waals surface area contributed by atoms with E-state index in [1.54, 1.807) is 19.1 Å². The minimum atomic E-state index is -0.192. The molecule has 0 radical (unpaired) electrons. The fourth-order valence-corrected chi connectivity index (χ4v) is 1.82. The van der Waals surface area contributed by atoms with Crippen molar-refractivity contribution in [1.82, 2.24) is 0 Å². The lowest BCUT2D eigenvalue weighted by Gasteiger charge is -2.31. The lowest BCUT2D eigenvalue weighted by molar-refractivity contribution is 0.234. The highest BCUT2D eigenvalue weighted by molar-refractivity contribution is 5.49. The Kier molecular flexibility index (Phi) is 4.30. The molecule has 0 saturated heterocycles. The molecule has 3 heteroatoms. The number of hydrogen-bond donors (Lipinski definition) is 1. The molecule has 0 aliphatic carbocycles. The molecule has 0 fully saturated rings. The second-order valence-corrected chi connectivity index (χ2v) is 4.54. The fourth-order valence-electron chi connectivity index (χ4n) is 1.82. The molecular formula is C13H20FNO. The Morgan fingerprint density at radius 3 is 2.44 bits per heavy atom. The fraction of sp³-hybridized carbons (Fsp3) is 0.538. The van der Waals surface area contributed by atoms with Gasteiger partial charge in [-0.05, 0) is 36.6 Å². The molecule has 0 spiro atoms. The quantitative estimate of drug-likeness (QED) is 0.851. The molecule has 90 valence electrons. The Morgan fingerprint density at radius 1 is 1.38 bits per heavy atom. The highest BCUT2D eigenvalue weighted by atomic mass is 19.1. The van der Waals surface area contributed by atoms with Crippen molar-refractivity contribution < 1.29 is 9.50 Å². The highest BCUT2D eigenvalue weighted by Crippen LogP contribution is 2.21. The molecule has 1 unspecified atom stereocenters. The van der Waals surface area contributed by atoms with Gasteiger partial charge >= 0.3 is 0 Å².